The van der Waals surface area contributed by atoms with Crippen LogP contribution >= 0.6 is 0 Å². The summed E-state index contributed by atoms with van der Waals surface area (Å²) in [4.78, 5) is 26.3. The van der Waals surface area contributed by atoms with Crippen molar-refractivity contribution in [2.75, 3.05) is 24.6 Å². The monoisotopic (exact) mass is 409 g/mol. The summed E-state index contributed by atoms with van der Waals surface area (Å²) in [5.74, 6) is -1.09. The molecular formula is C22H32FNO5. The van der Waals surface area contributed by atoms with Gasteiger partial charge < -0.3 is 19.1 Å². The van der Waals surface area contributed by atoms with Gasteiger partial charge in [0.05, 0.1) is 18.2 Å². The molecule has 0 N–H and O–H groups in total. The van der Waals surface area contributed by atoms with E-state index in [-0.39, 0.29) is 11.9 Å². The van der Waals surface area contributed by atoms with Crippen LogP contribution in [0.3, 0.4) is 0 Å². The third-order valence-corrected chi connectivity index (χ3v) is 4.56. The predicted octanol–water partition coefficient (Wildman–Crippen LogP) is 4.10. The van der Waals surface area contributed by atoms with Crippen LogP contribution in [0.5, 0.6) is 5.75 Å². The first-order valence-corrected chi connectivity index (χ1v) is 10.1. The molecule has 0 unspecified atom stereocenters. The van der Waals surface area contributed by atoms with Gasteiger partial charge in [0.15, 0.2) is 5.60 Å². The number of rotatable bonds is 6. The zero-order valence-corrected chi connectivity index (χ0v) is 18.2. The molecule has 1 aliphatic rings. The fraction of sp³-hybridized carbons (Fsp3) is 0.636. The highest BCUT2D eigenvalue weighted by atomic mass is 19.1. The SMILES string of the molecule is CCOC(=O)[C@@H]1CCCN(c2cc(OC(C)(C)C(=O)OC(C)(C)C)ccc2F)C1. The summed E-state index contributed by atoms with van der Waals surface area (Å²) in [7, 11) is 0. The minimum absolute atomic E-state index is 0.254. The maximum Gasteiger partial charge on any atom is 0.350 e. The molecule has 1 aliphatic heterocycles. The van der Waals surface area contributed by atoms with E-state index in [2.05, 4.69) is 0 Å². The van der Waals surface area contributed by atoms with Crippen molar-refractivity contribution in [2.45, 2.75) is 65.6 Å². The first kappa shape index (κ1) is 23.0. The van der Waals surface area contributed by atoms with Crippen molar-refractivity contribution in [2.24, 2.45) is 5.92 Å². The van der Waals surface area contributed by atoms with Gasteiger partial charge in [0, 0.05) is 19.2 Å². The lowest BCUT2D eigenvalue weighted by molar-refractivity contribution is -0.171. The van der Waals surface area contributed by atoms with E-state index in [4.69, 9.17) is 14.2 Å². The summed E-state index contributed by atoms with van der Waals surface area (Å²) < 4.78 is 30.9. The topological polar surface area (TPSA) is 65.1 Å². The summed E-state index contributed by atoms with van der Waals surface area (Å²) >= 11 is 0. The summed E-state index contributed by atoms with van der Waals surface area (Å²) in [6, 6.07) is 4.36. The Balaban J connectivity index is 2.17. The fourth-order valence-corrected chi connectivity index (χ4v) is 3.18. The van der Waals surface area contributed by atoms with Gasteiger partial charge in [0.25, 0.3) is 0 Å². The molecule has 2 rings (SSSR count). The van der Waals surface area contributed by atoms with E-state index in [9.17, 15) is 14.0 Å². The molecule has 1 heterocycles. The quantitative estimate of drug-likeness (QED) is 0.659. The third kappa shape index (κ3) is 6.34. The number of anilines is 1. The lowest BCUT2D eigenvalue weighted by Crippen LogP contribution is -2.43. The number of halogens is 1. The van der Waals surface area contributed by atoms with Crippen LogP contribution in [0.15, 0.2) is 18.2 Å². The molecule has 162 valence electrons. The second kappa shape index (κ2) is 9.01. The first-order chi connectivity index (χ1) is 13.4. The van der Waals surface area contributed by atoms with E-state index < -0.39 is 23.0 Å². The normalized spacial score (nSPS) is 17.6. The molecular weight excluding hydrogens is 377 g/mol. The van der Waals surface area contributed by atoms with Crippen LogP contribution in [0.1, 0.15) is 54.4 Å². The third-order valence-electron chi connectivity index (χ3n) is 4.56. The Morgan fingerprint density at radius 3 is 2.52 bits per heavy atom. The van der Waals surface area contributed by atoms with E-state index >= 15 is 0 Å². The van der Waals surface area contributed by atoms with Gasteiger partial charge in [-0.2, -0.15) is 0 Å². The number of hydrogen-bond acceptors (Lipinski definition) is 6. The Hall–Kier alpha value is -2.31. The van der Waals surface area contributed by atoms with Crippen LogP contribution in [-0.2, 0) is 19.1 Å². The highest BCUT2D eigenvalue weighted by molar-refractivity contribution is 5.79. The molecule has 7 heteroatoms. The van der Waals surface area contributed by atoms with Crippen LogP contribution in [0.25, 0.3) is 0 Å². The number of piperidine rings is 1. The molecule has 0 radical (unpaired) electrons. The highest BCUT2D eigenvalue weighted by Crippen LogP contribution is 2.31. The summed E-state index contributed by atoms with van der Waals surface area (Å²) in [5.41, 5.74) is -1.53. The van der Waals surface area contributed by atoms with Crippen LogP contribution in [-0.4, -0.2) is 42.8 Å². The van der Waals surface area contributed by atoms with Gasteiger partial charge in [-0.1, -0.05) is 0 Å². The zero-order valence-electron chi connectivity index (χ0n) is 18.2. The zero-order chi connectivity index (χ0) is 21.8. The molecule has 0 amide bonds. The van der Waals surface area contributed by atoms with Crippen LogP contribution in [0.2, 0.25) is 0 Å². The van der Waals surface area contributed by atoms with Gasteiger partial charge in [-0.15, -0.1) is 0 Å². The first-order valence-electron chi connectivity index (χ1n) is 10.1. The standard InChI is InChI=1S/C22H32FNO5/c1-7-27-19(25)15-9-8-12-24(14-15)18-13-16(10-11-17(18)23)28-22(5,6)20(26)29-21(2,3)4/h10-11,13,15H,7-9,12,14H2,1-6H3/t15-/m1/s1. The lowest BCUT2D eigenvalue weighted by atomic mass is 9.97. The Labute approximate surface area is 172 Å². The summed E-state index contributed by atoms with van der Waals surface area (Å²) in [6.07, 6.45) is 1.48. The van der Waals surface area contributed by atoms with Crippen molar-refractivity contribution in [3.8, 4) is 5.75 Å². The molecule has 1 fully saturated rings. The number of hydrogen-bond donors (Lipinski definition) is 0. The van der Waals surface area contributed by atoms with Crippen molar-refractivity contribution < 1.29 is 28.2 Å². The van der Waals surface area contributed by atoms with E-state index in [0.717, 1.165) is 12.8 Å². The van der Waals surface area contributed by atoms with Crippen LogP contribution in [0, 0.1) is 11.7 Å². The van der Waals surface area contributed by atoms with E-state index in [1.807, 2.05) is 4.90 Å². The second-order valence-electron chi connectivity index (χ2n) is 8.76. The molecule has 1 aromatic rings. The number of nitrogens with zero attached hydrogens (tertiary/aromatic N) is 1. The van der Waals surface area contributed by atoms with Gasteiger partial charge >= 0.3 is 11.9 Å². The van der Waals surface area contributed by atoms with Gasteiger partial charge in [-0.3, -0.25) is 4.79 Å². The Bertz CT molecular complexity index is 741. The summed E-state index contributed by atoms with van der Waals surface area (Å²) in [5, 5.41) is 0. The Morgan fingerprint density at radius 2 is 1.90 bits per heavy atom. The molecule has 0 aliphatic carbocycles. The van der Waals surface area contributed by atoms with E-state index in [1.165, 1.54) is 12.1 Å². The molecule has 1 saturated heterocycles. The van der Waals surface area contributed by atoms with E-state index in [1.54, 1.807) is 47.6 Å². The molecule has 1 aromatic carbocycles. The molecule has 0 spiro atoms. The highest BCUT2D eigenvalue weighted by Gasteiger charge is 2.35. The van der Waals surface area contributed by atoms with E-state index in [0.29, 0.717) is 31.1 Å². The minimum atomic E-state index is -1.24. The minimum Gasteiger partial charge on any atom is -0.476 e. The fourth-order valence-electron chi connectivity index (χ4n) is 3.18. The van der Waals surface area contributed by atoms with Gasteiger partial charge in [-0.05, 0) is 66.5 Å². The Morgan fingerprint density at radius 1 is 1.21 bits per heavy atom. The van der Waals surface area contributed by atoms with Crippen molar-refractivity contribution in [3.05, 3.63) is 24.0 Å². The molecule has 1 atom stereocenters. The van der Waals surface area contributed by atoms with Crippen LogP contribution < -0.4 is 9.64 Å². The average molecular weight is 409 g/mol. The molecule has 6 nitrogen and oxygen atoms in total. The maximum absolute atomic E-state index is 14.5. The molecule has 0 aromatic heterocycles. The molecule has 0 saturated carbocycles. The largest absolute Gasteiger partial charge is 0.476 e. The Kier molecular flexibility index (Phi) is 7.14. The van der Waals surface area contributed by atoms with Gasteiger partial charge in [-0.25, -0.2) is 9.18 Å². The number of carbonyl (C=O) groups excluding carboxylic acids is 2. The van der Waals surface area contributed by atoms with Gasteiger partial charge in [0.1, 0.15) is 17.2 Å². The van der Waals surface area contributed by atoms with Crippen molar-refractivity contribution in [1.29, 1.82) is 0 Å². The predicted molar refractivity (Wildman–Crippen MR) is 109 cm³/mol. The van der Waals surface area contributed by atoms with Crippen molar-refractivity contribution in [3.63, 3.8) is 0 Å². The smallest absolute Gasteiger partial charge is 0.350 e. The second-order valence-corrected chi connectivity index (χ2v) is 8.76. The maximum atomic E-state index is 14.5. The van der Waals surface area contributed by atoms with Crippen LogP contribution in [0.4, 0.5) is 10.1 Å². The number of esters is 2. The average Bonchev–Trinajstić information content (AvgIpc) is 2.62. The number of ether oxygens (including phenoxy) is 3. The lowest BCUT2D eigenvalue weighted by Gasteiger charge is -2.34. The number of benzene rings is 1. The molecule has 0 bridgehead atoms. The van der Waals surface area contributed by atoms with Crippen molar-refractivity contribution >= 4 is 17.6 Å². The number of carbonyl (C=O) groups is 2. The van der Waals surface area contributed by atoms with Crippen molar-refractivity contribution in [1.82, 2.24) is 0 Å². The summed E-state index contributed by atoms with van der Waals surface area (Å²) in [6.45, 7) is 11.7. The van der Waals surface area contributed by atoms with Gasteiger partial charge in [0.2, 0.25) is 0 Å². The molecule has 29 heavy (non-hydrogen) atoms.